The topological polar surface area (TPSA) is 12.0 Å². The van der Waals surface area contributed by atoms with Crippen LogP contribution in [0.2, 0.25) is 0 Å². The van der Waals surface area contributed by atoms with E-state index in [1.165, 1.54) is 33.3 Å². The SMILES string of the molecule is Cc1ccc(CNC2CCCc3sc(I)cc32)cc1. The number of nitrogens with one attached hydrogen (secondary N) is 1. The van der Waals surface area contributed by atoms with Crippen molar-refractivity contribution in [2.75, 3.05) is 0 Å². The number of hydrogen-bond donors (Lipinski definition) is 1. The van der Waals surface area contributed by atoms with E-state index in [4.69, 9.17) is 0 Å². The Labute approximate surface area is 132 Å². The maximum absolute atomic E-state index is 3.73. The van der Waals surface area contributed by atoms with Crippen molar-refractivity contribution >= 4 is 33.9 Å². The number of fused-ring (bicyclic) bond motifs is 1. The maximum Gasteiger partial charge on any atom is 0.0659 e. The molecule has 0 bridgehead atoms. The lowest BCUT2D eigenvalue weighted by molar-refractivity contribution is 0.463. The lowest BCUT2D eigenvalue weighted by Crippen LogP contribution is -2.23. The van der Waals surface area contributed by atoms with Gasteiger partial charge in [-0.1, -0.05) is 29.8 Å². The second-order valence-electron chi connectivity index (χ2n) is 5.24. The Balaban J connectivity index is 1.69. The molecule has 1 aromatic heterocycles. The molecule has 1 nitrogen and oxygen atoms in total. The standard InChI is InChI=1S/C16H18INS/c1-11-5-7-12(8-6-11)10-18-14-3-2-4-15-13(14)9-16(17)19-15/h5-9,14,18H,2-4,10H2,1H3. The molecule has 0 aliphatic heterocycles. The van der Waals surface area contributed by atoms with Crippen molar-refractivity contribution in [2.24, 2.45) is 0 Å². The fourth-order valence-electron chi connectivity index (χ4n) is 2.68. The van der Waals surface area contributed by atoms with E-state index in [9.17, 15) is 0 Å². The predicted molar refractivity (Wildman–Crippen MR) is 90.7 cm³/mol. The predicted octanol–water partition coefficient (Wildman–Crippen LogP) is 4.83. The summed E-state index contributed by atoms with van der Waals surface area (Å²) in [5.41, 5.74) is 4.26. The highest BCUT2D eigenvalue weighted by Gasteiger charge is 2.21. The fourth-order valence-corrected chi connectivity index (χ4v) is 4.80. The van der Waals surface area contributed by atoms with Gasteiger partial charge >= 0.3 is 0 Å². The molecule has 1 N–H and O–H groups in total. The van der Waals surface area contributed by atoms with Crippen molar-refractivity contribution in [1.82, 2.24) is 5.32 Å². The molecule has 0 amide bonds. The van der Waals surface area contributed by atoms with E-state index in [1.807, 2.05) is 11.3 Å². The molecular weight excluding hydrogens is 365 g/mol. The first-order valence-corrected chi connectivity index (χ1v) is 8.69. The monoisotopic (exact) mass is 383 g/mol. The van der Waals surface area contributed by atoms with E-state index in [-0.39, 0.29) is 0 Å². The van der Waals surface area contributed by atoms with Gasteiger partial charge in [0.15, 0.2) is 0 Å². The van der Waals surface area contributed by atoms with E-state index in [0.29, 0.717) is 6.04 Å². The fraction of sp³-hybridized carbons (Fsp3) is 0.375. The number of aryl methyl sites for hydroxylation is 2. The smallest absolute Gasteiger partial charge is 0.0659 e. The Morgan fingerprint density at radius 3 is 2.89 bits per heavy atom. The van der Waals surface area contributed by atoms with Crippen LogP contribution in [-0.4, -0.2) is 0 Å². The molecule has 0 fully saturated rings. The lowest BCUT2D eigenvalue weighted by Gasteiger charge is -2.23. The minimum Gasteiger partial charge on any atom is -0.306 e. The van der Waals surface area contributed by atoms with Crippen LogP contribution in [0.4, 0.5) is 0 Å². The lowest BCUT2D eigenvalue weighted by atomic mass is 9.94. The minimum absolute atomic E-state index is 0.546. The second kappa shape index (κ2) is 5.94. The highest BCUT2D eigenvalue weighted by atomic mass is 127. The minimum atomic E-state index is 0.546. The van der Waals surface area contributed by atoms with Gasteiger partial charge in [0.1, 0.15) is 0 Å². The Morgan fingerprint density at radius 2 is 2.11 bits per heavy atom. The van der Waals surface area contributed by atoms with Crippen LogP contribution in [0.15, 0.2) is 30.3 Å². The summed E-state index contributed by atoms with van der Waals surface area (Å²) in [6, 6.07) is 11.7. The average Bonchev–Trinajstić information content (AvgIpc) is 2.79. The van der Waals surface area contributed by atoms with Crippen LogP contribution in [0.1, 0.15) is 40.5 Å². The molecule has 1 atom stereocenters. The Kier molecular flexibility index (Phi) is 4.24. The van der Waals surface area contributed by atoms with Crippen LogP contribution < -0.4 is 5.32 Å². The van der Waals surface area contributed by atoms with Crippen molar-refractivity contribution in [3.8, 4) is 0 Å². The molecule has 19 heavy (non-hydrogen) atoms. The number of thiophene rings is 1. The summed E-state index contributed by atoms with van der Waals surface area (Å²) in [6.07, 6.45) is 3.85. The molecule has 1 aliphatic rings. The van der Waals surface area contributed by atoms with Crippen LogP contribution in [0.25, 0.3) is 0 Å². The van der Waals surface area contributed by atoms with Crippen molar-refractivity contribution < 1.29 is 0 Å². The van der Waals surface area contributed by atoms with E-state index in [1.54, 1.807) is 10.4 Å². The molecule has 2 aromatic rings. The van der Waals surface area contributed by atoms with Gasteiger partial charge in [-0.3, -0.25) is 0 Å². The van der Waals surface area contributed by atoms with Gasteiger partial charge in [0.2, 0.25) is 0 Å². The highest BCUT2D eigenvalue weighted by molar-refractivity contribution is 14.1. The van der Waals surface area contributed by atoms with E-state index < -0.39 is 0 Å². The number of hydrogen-bond acceptors (Lipinski definition) is 2. The first-order valence-electron chi connectivity index (χ1n) is 6.79. The van der Waals surface area contributed by atoms with Gasteiger partial charge in [-0.15, -0.1) is 11.3 Å². The molecule has 0 spiro atoms. The Bertz CT molecular complexity index is 559. The average molecular weight is 383 g/mol. The zero-order chi connectivity index (χ0) is 13.2. The third-order valence-corrected chi connectivity index (χ3v) is 5.73. The molecule has 0 saturated carbocycles. The molecule has 1 unspecified atom stereocenters. The molecular formula is C16H18INS. The van der Waals surface area contributed by atoms with E-state index in [0.717, 1.165) is 6.54 Å². The van der Waals surface area contributed by atoms with Gasteiger partial charge in [-0.2, -0.15) is 0 Å². The zero-order valence-corrected chi connectivity index (χ0v) is 14.1. The van der Waals surface area contributed by atoms with Gasteiger partial charge in [0.05, 0.1) is 2.88 Å². The molecule has 1 heterocycles. The van der Waals surface area contributed by atoms with Crippen LogP contribution in [0, 0.1) is 9.81 Å². The Hall–Kier alpha value is -0.390. The number of halogens is 1. The highest BCUT2D eigenvalue weighted by Crippen LogP contribution is 2.36. The molecule has 1 aliphatic carbocycles. The first kappa shape index (κ1) is 13.6. The van der Waals surface area contributed by atoms with Crippen molar-refractivity contribution in [2.45, 2.75) is 38.8 Å². The van der Waals surface area contributed by atoms with Crippen LogP contribution >= 0.6 is 33.9 Å². The third kappa shape index (κ3) is 3.20. The molecule has 100 valence electrons. The van der Waals surface area contributed by atoms with E-state index in [2.05, 4.69) is 65.2 Å². The van der Waals surface area contributed by atoms with Gasteiger partial charge in [-0.05, 0) is 66.0 Å². The van der Waals surface area contributed by atoms with Crippen LogP contribution in [0.3, 0.4) is 0 Å². The van der Waals surface area contributed by atoms with Crippen molar-refractivity contribution in [1.29, 1.82) is 0 Å². The molecule has 1 aromatic carbocycles. The first-order chi connectivity index (χ1) is 9.22. The number of rotatable bonds is 3. The summed E-state index contributed by atoms with van der Waals surface area (Å²) in [7, 11) is 0. The summed E-state index contributed by atoms with van der Waals surface area (Å²) in [5, 5.41) is 3.73. The number of benzene rings is 1. The largest absolute Gasteiger partial charge is 0.306 e. The summed E-state index contributed by atoms with van der Waals surface area (Å²) in [5.74, 6) is 0. The summed E-state index contributed by atoms with van der Waals surface area (Å²) in [6.45, 7) is 3.11. The maximum atomic E-state index is 3.73. The van der Waals surface area contributed by atoms with Crippen molar-refractivity contribution in [3.05, 3.63) is 54.8 Å². The van der Waals surface area contributed by atoms with Crippen molar-refractivity contribution in [3.63, 3.8) is 0 Å². The summed E-state index contributed by atoms with van der Waals surface area (Å²) < 4.78 is 1.42. The van der Waals surface area contributed by atoms with Crippen LogP contribution in [-0.2, 0) is 13.0 Å². The van der Waals surface area contributed by atoms with Gasteiger partial charge < -0.3 is 5.32 Å². The van der Waals surface area contributed by atoms with Gasteiger partial charge in [0.25, 0.3) is 0 Å². The summed E-state index contributed by atoms with van der Waals surface area (Å²) in [4.78, 5) is 1.59. The normalized spacial score (nSPS) is 18.3. The van der Waals surface area contributed by atoms with E-state index >= 15 is 0 Å². The molecule has 3 rings (SSSR count). The third-order valence-electron chi connectivity index (χ3n) is 3.76. The van der Waals surface area contributed by atoms with Gasteiger partial charge in [-0.25, -0.2) is 0 Å². The Morgan fingerprint density at radius 1 is 1.32 bits per heavy atom. The van der Waals surface area contributed by atoms with Gasteiger partial charge in [0, 0.05) is 17.5 Å². The second-order valence-corrected chi connectivity index (χ2v) is 8.27. The molecule has 0 radical (unpaired) electrons. The quantitative estimate of drug-likeness (QED) is 0.749. The zero-order valence-electron chi connectivity index (χ0n) is 11.1. The molecule has 0 saturated heterocycles. The summed E-state index contributed by atoms with van der Waals surface area (Å²) >= 11 is 4.41. The van der Waals surface area contributed by atoms with Crippen LogP contribution in [0.5, 0.6) is 0 Å². The molecule has 3 heteroatoms.